The molecule has 140 valence electrons. The van der Waals surface area contributed by atoms with E-state index in [4.69, 9.17) is 16.7 Å². The third-order valence-electron chi connectivity index (χ3n) is 4.78. The van der Waals surface area contributed by atoms with Crippen LogP contribution in [0.25, 0.3) is 0 Å². The molecule has 0 saturated carbocycles. The molecule has 2 fully saturated rings. The summed E-state index contributed by atoms with van der Waals surface area (Å²) >= 11 is 6.00. The van der Waals surface area contributed by atoms with Gasteiger partial charge in [-0.25, -0.2) is 4.98 Å². The summed E-state index contributed by atoms with van der Waals surface area (Å²) in [5, 5.41) is 9.51. The lowest BCUT2D eigenvalue weighted by Gasteiger charge is -2.38. The van der Waals surface area contributed by atoms with Crippen molar-refractivity contribution < 1.29 is 19.5 Å². The number of carboxylic acids is 1. The predicted octanol–water partition coefficient (Wildman–Crippen LogP) is 0.707. The molecule has 9 heteroatoms. The average molecular weight is 381 g/mol. The second-order valence-corrected chi connectivity index (χ2v) is 6.93. The predicted molar refractivity (Wildman–Crippen MR) is 95.0 cm³/mol. The number of carbonyl (C=O) groups is 3. The highest BCUT2D eigenvalue weighted by atomic mass is 35.5. The number of aromatic nitrogens is 1. The number of rotatable bonds is 4. The first-order valence-corrected chi connectivity index (χ1v) is 8.99. The first-order chi connectivity index (χ1) is 12.5. The van der Waals surface area contributed by atoms with Crippen molar-refractivity contribution in [3.8, 4) is 0 Å². The number of aliphatic carboxylic acids is 1. The minimum Gasteiger partial charge on any atom is -0.480 e. The van der Waals surface area contributed by atoms with Gasteiger partial charge in [0.2, 0.25) is 11.8 Å². The van der Waals surface area contributed by atoms with E-state index in [0.717, 1.165) is 5.82 Å². The third kappa shape index (κ3) is 4.07. The molecular weight excluding hydrogens is 360 g/mol. The molecule has 0 aromatic carbocycles. The summed E-state index contributed by atoms with van der Waals surface area (Å²) in [5.74, 6) is -1.63. The van der Waals surface area contributed by atoms with Crippen LogP contribution in [-0.2, 0) is 14.4 Å². The molecule has 2 amide bonds. The molecule has 1 N–H and O–H groups in total. The zero-order chi connectivity index (χ0) is 18.7. The maximum atomic E-state index is 12.8. The van der Waals surface area contributed by atoms with E-state index >= 15 is 0 Å². The monoisotopic (exact) mass is 380 g/mol. The van der Waals surface area contributed by atoms with Crippen molar-refractivity contribution in [3.05, 3.63) is 23.4 Å². The zero-order valence-corrected chi connectivity index (χ0v) is 15.1. The molecule has 0 spiro atoms. The molecule has 1 aromatic rings. The number of amides is 2. The van der Waals surface area contributed by atoms with E-state index in [1.54, 1.807) is 23.2 Å². The van der Waals surface area contributed by atoms with Crippen LogP contribution in [0.2, 0.25) is 5.02 Å². The third-order valence-corrected chi connectivity index (χ3v) is 5.01. The second-order valence-electron chi connectivity index (χ2n) is 6.49. The number of hydrogen-bond acceptors (Lipinski definition) is 5. The van der Waals surface area contributed by atoms with E-state index in [9.17, 15) is 14.4 Å². The summed E-state index contributed by atoms with van der Waals surface area (Å²) in [7, 11) is 0. The van der Waals surface area contributed by atoms with Crippen molar-refractivity contribution in [2.24, 2.45) is 5.92 Å². The van der Waals surface area contributed by atoms with Gasteiger partial charge in [-0.3, -0.25) is 14.4 Å². The van der Waals surface area contributed by atoms with Crippen molar-refractivity contribution in [3.63, 3.8) is 0 Å². The quantitative estimate of drug-likeness (QED) is 0.773. The number of hydrogen-bond donors (Lipinski definition) is 1. The topological polar surface area (TPSA) is 94.1 Å². The standard InChI is InChI=1S/C17H21ClN4O4/c18-12-3-4-19-14(10-12)20-6-8-21(9-7-20)16(25)13-2-1-5-22(17(13)26)11-15(23)24/h3-4,10,13H,1-2,5-9,11H2,(H,23,24). The highest BCUT2D eigenvalue weighted by molar-refractivity contribution is 6.30. The van der Waals surface area contributed by atoms with Crippen LogP contribution in [-0.4, -0.2) is 76.9 Å². The number of piperazine rings is 1. The maximum absolute atomic E-state index is 12.8. The summed E-state index contributed by atoms with van der Waals surface area (Å²) < 4.78 is 0. The molecule has 0 bridgehead atoms. The first kappa shape index (κ1) is 18.4. The van der Waals surface area contributed by atoms with Crippen molar-refractivity contribution in [2.75, 3.05) is 44.2 Å². The lowest BCUT2D eigenvalue weighted by atomic mass is 9.95. The van der Waals surface area contributed by atoms with Crippen LogP contribution in [0.15, 0.2) is 18.3 Å². The highest BCUT2D eigenvalue weighted by Crippen LogP contribution is 2.23. The molecule has 1 aromatic heterocycles. The number of pyridine rings is 1. The van der Waals surface area contributed by atoms with Gasteiger partial charge < -0.3 is 19.8 Å². The molecule has 26 heavy (non-hydrogen) atoms. The SMILES string of the molecule is O=C(O)CN1CCCC(C(=O)N2CCN(c3cc(Cl)ccn3)CC2)C1=O. The van der Waals surface area contributed by atoms with E-state index in [1.165, 1.54) is 4.90 Å². The Morgan fingerprint density at radius 1 is 1.23 bits per heavy atom. The van der Waals surface area contributed by atoms with Crippen LogP contribution < -0.4 is 4.90 Å². The number of carboxylic acid groups (broad SMARTS) is 1. The van der Waals surface area contributed by atoms with Gasteiger partial charge in [0.15, 0.2) is 0 Å². The normalized spacial score (nSPS) is 21.0. The fraction of sp³-hybridized carbons (Fsp3) is 0.529. The summed E-state index contributed by atoms with van der Waals surface area (Å²) in [6.07, 6.45) is 2.76. The number of likely N-dealkylation sites (tertiary alicyclic amines) is 1. The molecule has 2 aliphatic heterocycles. The van der Waals surface area contributed by atoms with E-state index in [-0.39, 0.29) is 18.4 Å². The molecule has 3 heterocycles. The van der Waals surface area contributed by atoms with E-state index in [0.29, 0.717) is 50.6 Å². The Morgan fingerprint density at radius 2 is 1.96 bits per heavy atom. The van der Waals surface area contributed by atoms with Crippen LogP contribution in [0.4, 0.5) is 5.82 Å². The summed E-state index contributed by atoms with van der Waals surface area (Å²) in [4.78, 5) is 45.4. The Balaban J connectivity index is 1.59. The summed E-state index contributed by atoms with van der Waals surface area (Å²) in [6.45, 7) is 2.25. The van der Waals surface area contributed by atoms with E-state index in [2.05, 4.69) is 9.88 Å². The molecule has 0 aliphatic carbocycles. The van der Waals surface area contributed by atoms with Crippen LogP contribution >= 0.6 is 11.6 Å². The number of piperidine rings is 1. The van der Waals surface area contributed by atoms with Gasteiger partial charge in [0.1, 0.15) is 18.3 Å². The van der Waals surface area contributed by atoms with E-state index in [1.807, 2.05) is 0 Å². The van der Waals surface area contributed by atoms with Crippen LogP contribution in [0.1, 0.15) is 12.8 Å². The maximum Gasteiger partial charge on any atom is 0.323 e. The van der Waals surface area contributed by atoms with Crippen molar-refractivity contribution in [1.29, 1.82) is 0 Å². The number of anilines is 1. The van der Waals surface area contributed by atoms with Crippen molar-refractivity contribution in [2.45, 2.75) is 12.8 Å². The van der Waals surface area contributed by atoms with Crippen LogP contribution in [0, 0.1) is 5.92 Å². The lowest BCUT2D eigenvalue weighted by Crippen LogP contribution is -2.54. The van der Waals surface area contributed by atoms with Crippen molar-refractivity contribution >= 4 is 35.2 Å². The Hall–Kier alpha value is -2.35. The Bertz CT molecular complexity index is 706. The van der Waals surface area contributed by atoms with Gasteiger partial charge in [0.25, 0.3) is 0 Å². The van der Waals surface area contributed by atoms with Gasteiger partial charge >= 0.3 is 5.97 Å². The largest absolute Gasteiger partial charge is 0.480 e. The van der Waals surface area contributed by atoms with Crippen molar-refractivity contribution in [1.82, 2.24) is 14.8 Å². The number of nitrogens with zero attached hydrogens (tertiary/aromatic N) is 4. The average Bonchev–Trinajstić information content (AvgIpc) is 2.63. The van der Waals surface area contributed by atoms with Gasteiger partial charge in [-0.05, 0) is 25.0 Å². The van der Waals surface area contributed by atoms with E-state index < -0.39 is 11.9 Å². The smallest absolute Gasteiger partial charge is 0.323 e. The summed E-state index contributed by atoms with van der Waals surface area (Å²) in [6, 6.07) is 3.50. The molecule has 1 unspecified atom stereocenters. The molecule has 2 saturated heterocycles. The molecular formula is C17H21ClN4O4. The van der Waals surface area contributed by atoms with Crippen LogP contribution in [0.5, 0.6) is 0 Å². The number of halogens is 1. The van der Waals surface area contributed by atoms with Gasteiger partial charge in [-0.1, -0.05) is 11.6 Å². The minimum absolute atomic E-state index is 0.205. The Kier molecular flexibility index (Phi) is 5.61. The molecule has 8 nitrogen and oxygen atoms in total. The first-order valence-electron chi connectivity index (χ1n) is 8.61. The fourth-order valence-corrected chi connectivity index (χ4v) is 3.59. The Morgan fingerprint density at radius 3 is 2.62 bits per heavy atom. The number of carbonyl (C=O) groups excluding carboxylic acids is 2. The van der Waals surface area contributed by atoms with Gasteiger partial charge in [0.05, 0.1) is 0 Å². The lowest BCUT2D eigenvalue weighted by molar-refractivity contribution is -0.154. The Labute approximate surface area is 156 Å². The molecule has 0 radical (unpaired) electrons. The second kappa shape index (κ2) is 7.90. The molecule has 2 aliphatic rings. The zero-order valence-electron chi connectivity index (χ0n) is 14.3. The molecule has 3 rings (SSSR count). The summed E-state index contributed by atoms with van der Waals surface area (Å²) in [5.41, 5.74) is 0. The highest BCUT2D eigenvalue weighted by Gasteiger charge is 2.38. The fourth-order valence-electron chi connectivity index (χ4n) is 3.43. The van der Waals surface area contributed by atoms with Gasteiger partial charge in [-0.2, -0.15) is 0 Å². The van der Waals surface area contributed by atoms with Crippen LogP contribution in [0.3, 0.4) is 0 Å². The minimum atomic E-state index is -1.06. The molecule has 1 atom stereocenters. The van der Waals surface area contributed by atoms with Gasteiger partial charge in [0, 0.05) is 43.9 Å². The van der Waals surface area contributed by atoms with Gasteiger partial charge in [-0.15, -0.1) is 0 Å².